The minimum absolute atomic E-state index is 0.0818. The van der Waals surface area contributed by atoms with Crippen LogP contribution in [0.4, 0.5) is 13.2 Å². The second kappa shape index (κ2) is 6.64. The first-order valence-corrected chi connectivity index (χ1v) is 7.58. The molecule has 0 aromatic rings. The number of hydrogen-bond donors (Lipinski definition) is 0. The van der Waals surface area contributed by atoms with Crippen molar-refractivity contribution in [3.63, 3.8) is 0 Å². The van der Waals surface area contributed by atoms with Gasteiger partial charge in [0, 0.05) is 19.6 Å². The zero-order valence-electron chi connectivity index (χ0n) is 13.4. The molecule has 2 fully saturated rings. The van der Waals surface area contributed by atoms with Crippen LogP contribution in [0.3, 0.4) is 0 Å². The Labute approximate surface area is 133 Å². The fraction of sp³-hybridized carbons (Fsp3) is 0.857. The van der Waals surface area contributed by atoms with Crippen LogP contribution in [0.15, 0.2) is 0 Å². The quantitative estimate of drug-likeness (QED) is 0.757. The molecule has 0 unspecified atom stereocenters. The highest BCUT2D eigenvalue weighted by Crippen LogP contribution is 2.24. The Morgan fingerprint density at radius 3 is 2.39 bits per heavy atom. The van der Waals surface area contributed by atoms with Crippen molar-refractivity contribution in [1.82, 2.24) is 14.7 Å². The fourth-order valence-electron chi connectivity index (χ4n) is 2.84. The van der Waals surface area contributed by atoms with E-state index >= 15 is 0 Å². The summed E-state index contributed by atoms with van der Waals surface area (Å²) in [6, 6.07) is 0. The molecule has 2 rings (SSSR count). The molecule has 9 heteroatoms. The van der Waals surface area contributed by atoms with Gasteiger partial charge in [0.2, 0.25) is 11.8 Å². The molecule has 6 nitrogen and oxygen atoms in total. The predicted octanol–water partition coefficient (Wildman–Crippen LogP) is 0.678. The van der Waals surface area contributed by atoms with Crippen molar-refractivity contribution in [2.75, 3.05) is 46.1 Å². The summed E-state index contributed by atoms with van der Waals surface area (Å²) >= 11 is 0. The number of alkyl halides is 3. The molecular formula is C14H22F3N3O3. The molecule has 0 radical (unpaired) electrons. The van der Waals surface area contributed by atoms with Crippen LogP contribution in [0.25, 0.3) is 0 Å². The number of morpholine rings is 1. The van der Waals surface area contributed by atoms with Gasteiger partial charge in [-0.25, -0.2) is 0 Å². The lowest BCUT2D eigenvalue weighted by molar-refractivity contribution is -0.145. The Morgan fingerprint density at radius 1 is 1.22 bits per heavy atom. The second-order valence-corrected chi connectivity index (χ2v) is 6.33. The minimum atomic E-state index is -4.31. The van der Waals surface area contributed by atoms with Crippen molar-refractivity contribution in [2.45, 2.75) is 32.0 Å². The lowest BCUT2D eigenvalue weighted by Crippen LogP contribution is -2.58. The predicted molar refractivity (Wildman–Crippen MR) is 75.4 cm³/mol. The standard InChI is InChI=1S/C14H22F3N3O3/c1-13(2,20-5-7-23-8-6-20)12(22)19-9-11(21)18(10-19)4-3-14(15,16)17/h3-10H2,1-2H3. The summed E-state index contributed by atoms with van der Waals surface area (Å²) in [4.78, 5) is 28.9. The summed E-state index contributed by atoms with van der Waals surface area (Å²) in [7, 11) is 0. The van der Waals surface area contributed by atoms with Crippen LogP contribution in [0, 0.1) is 0 Å². The molecule has 2 aliphatic rings. The third-order valence-electron chi connectivity index (χ3n) is 4.30. The van der Waals surface area contributed by atoms with Crippen molar-refractivity contribution in [3.05, 3.63) is 0 Å². The Kier molecular flexibility index (Phi) is 5.20. The van der Waals surface area contributed by atoms with E-state index in [1.165, 1.54) is 4.90 Å². The average molecular weight is 337 g/mol. The van der Waals surface area contributed by atoms with Gasteiger partial charge in [-0.3, -0.25) is 14.5 Å². The van der Waals surface area contributed by atoms with E-state index in [1.54, 1.807) is 13.8 Å². The van der Waals surface area contributed by atoms with Gasteiger partial charge in [-0.1, -0.05) is 0 Å². The van der Waals surface area contributed by atoms with E-state index in [0.717, 1.165) is 4.90 Å². The van der Waals surface area contributed by atoms with Crippen LogP contribution in [-0.2, 0) is 14.3 Å². The SMILES string of the molecule is CC(C)(C(=O)N1CC(=O)N(CCC(F)(F)F)C1)N1CCOCC1. The van der Waals surface area contributed by atoms with Crippen LogP contribution in [0.1, 0.15) is 20.3 Å². The number of rotatable bonds is 4. The molecule has 2 heterocycles. The van der Waals surface area contributed by atoms with E-state index in [1.807, 2.05) is 4.90 Å². The Morgan fingerprint density at radius 2 is 1.83 bits per heavy atom. The summed E-state index contributed by atoms with van der Waals surface area (Å²) in [6.45, 7) is 5.17. The van der Waals surface area contributed by atoms with Crippen molar-refractivity contribution >= 4 is 11.8 Å². The molecule has 0 saturated carbocycles. The highest BCUT2D eigenvalue weighted by Gasteiger charge is 2.42. The number of halogens is 3. The summed E-state index contributed by atoms with van der Waals surface area (Å²) in [5.74, 6) is -0.692. The Balaban J connectivity index is 1.96. The van der Waals surface area contributed by atoms with Crippen molar-refractivity contribution in [1.29, 1.82) is 0 Å². The molecule has 0 atom stereocenters. The van der Waals surface area contributed by atoms with E-state index in [9.17, 15) is 22.8 Å². The molecule has 0 aromatic carbocycles. The first-order chi connectivity index (χ1) is 10.6. The molecule has 132 valence electrons. The van der Waals surface area contributed by atoms with E-state index in [0.29, 0.717) is 26.3 Å². The van der Waals surface area contributed by atoms with Gasteiger partial charge in [-0.05, 0) is 13.8 Å². The van der Waals surface area contributed by atoms with E-state index < -0.39 is 30.6 Å². The zero-order valence-corrected chi connectivity index (χ0v) is 13.4. The average Bonchev–Trinajstić information content (AvgIpc) is 2.85. The molecule has 0 bridgehead atoms. The first kappa shape index (κ1) is 18.0. The van der Waals surface area contributed by atoms with Crippen molar-refractivity contribution in [2.24, 2.45) is 0 Å². The number of nitrogens with zero attached hydrogens (tertiary/aromatic N) is 3. The summed E-state index contributed by atoms with van der Waals surface area (Å²) in [5, 5.41) is 0. The maximum Gasteiger partial charge on any atom is 0.390 e. The molecule has 0 aliphatic carbocycles. The second-order valence-electron chi connectivity index (χ2n) is 6.33. The largest absolute Gasteiger partial charge is 0.390 e. The lowest BCUT2D eigenvalue weighted by atomic mass is 10.00. The van der Waals surface area contributed by atoms with Gasteiger partial charge in [0.1, 0.15) is 6.54 Å². The van der Waals surface area contributed by atoms with E-state index in [-0.39, 0.29) is 19.1 Å². The molecule has 0 aromatic heterocycles. The highest BCUT2D eigenvalue weighted by atomic mass is 19.4. The molecule has 0 spiro atoms. The van der Waals surface area contributed by atoms with Crippen molar-refractivity contribution < 1.29 is 27.5 Å². The zero-order chi connectivity index (χ0) is 17.3. The molecular weight excluding hydrogens is 315 g/mol. The Hall–Kier alpha value is -1.35. The monoisotopic (exact) mass is 337 g/mol. The van der Waals surface area contributed by atoms with Crippen LogP contribution in [0.5, 0.6) is 0 Å². The normalized spacial score (nSPS) is 21.2. The van der Waals surface area contributed by atoms with E-state index in [2.05, 4.69) is 0 Å². The third-order valence-corrected chi connectivity index (χ3v) is 4.30. The number of carbonyl (C=O) groups excluding carboxylic acids is 2. The van der Waals surface area contributed by atoms with Crippen LogP contribution < -0.4 is 0 Å². The summed E-state index contributed by atoms with van der Waals surface area (Å²) < 4.78 is 42.1. The summed E-state index contributed by atoms with van der Waals surface area (Å²) in [6.07, 6.45) is -5.38. The molecule has 2 aliphatic heterocycles. The van der Waals surface area contributed by atoms with Crippen LogP contribution >= 0.6 is 0 Å². The highest BCUT2D eigenvalue weighted by molar-refractivity contribution is 5.92. The first-order valence-electron chi connectivity index (χ1n) is 7.58. The van der Waals surface area contributed by atoms with Crippen LogP contribution in [-0.4, -0.2) is 84.3 Å². The van der Waals surface area contributed by atoms with Gasteiger partial charge in [0.15, 0.2) is 0 Å². The van der Waals surface area contributed by atoms with Gasteiger partial charge in [0.25, 0.3) is 0 Å². The lowest BCUT2D eigenvalue weighted by Gasteiger charge is -2.41. The number of hydrogen-bond acceptors (Lipinski definition) is 4. The minimum Gasteiger partial charge on any atom is -0.379 e. The maximum absolute atomic E-state index is 12.7. The Bertz CT molecular complexity index is 462. The van der Waals surface area contributed by atoms with Gasteiger partial charge >= 0.3 is 6.18 Å². The fourth-order valence-corrected chi connectivity index (χ4v) is 2.84. The maximum atomic E-state index is 12.7. The molecule has 2 saturated heterocycles. The summed E-state index contributed by atoms with van der Waals surface area (Å²) in [5.41, 5.74) is -0.815. The van der Waals surface area contributed by atoms with Gasteiger partial charge < -0.3 is 14.5 Å². The molecule has 23 heavy (non-hydrogen) atoms. The smallest absolute Gasteiger partial charge is 0.379 e. The number of ether oxygens (including phenoxy) is 1. The number of carbonyl (C=O) groups is 2. The number of amides is 2. The topological polar surface area (TPSA) is 53.1 Å². The van der Waals surface area contributed by atoms with Gasteiger partial charge in [0.05, 0.1) is 31.8 Å². The third kappa shape index (κ3) is 4.35. The van der Waals surface area contributed by atoms with Gasteiger partial charge in [-0.2, -0.15) is 13.2 Å². The van der Waals surface area contributed by atoms with E-state index in [4.69, 9.17) is 4.74 Å². The molecule has 0 N–H and O–H groups in total. The van der Waals surface area contributed by atoms with Crippen molar-refractivity contribution in [3.8, 4) is 0 Å². The molecule has 2 amide bonds. The van der Waals surface area contributed by atoms with Gasteiger partial charge in [-0.15, -0.1) is 0 Å². The van der Waals surface area contributed by atoms with Crippen LogP contribution in [0.2, 0.25) is 0 Å².